The molecule has 0 saturated heterocycles. The molecule has 0 bridgehead atoms. The fourth-order valence-electron chi connectivity index (χ4n) is 2.59. The number of hydrogen-bond acceptors (Lipinski definition) is 4. The van der Waals surface area contributed by atoms with E-state index in [0.29, 0.717) is 18.1 Å². The maximum Gasteiger partial charge on any atom is 0.258 e. The minimum Gasteiger partial charge on any atom is -0.354 e. The Morgan fingerprint density at radius 2 is 1.74 bits per heavy atom. The average molecular weight is 364 g/mol. The van der Waals surface area contributed by atoms with Crippen molar-refractivity contribution >= 4 is 17.5 Å². The smallest absolute Gasteiger partial charge is 0.258 e. The summed E-state index contributed by atoms with van der Waals surface area (Å²) in [6, 6.07) is 12.1. The Morgan fingerprint density at radius 3 is 2.44 bits per heavy atom. The molecular weight excluding hydrogens is 343 g/mol. The number of aryl methyl sites for hydroxylation is 1. The Kier molecular flexibility index (Phi) is 5.76. The number of nitrogens with one attached hydrogen (secondary N) is 2. The topological polar surface area (TPSA) is 66.9 Å². The van der Waals surface area contributed by atoms with Gasteiger partial charge in [-0.2, -0.15) is 0 Å². The number of anilines is 2. The van der Waals surface area contributed by atoms with E-state index in [1.54, 1.807) is 12.1 Å². The van der Waals surface area contributed by atoms with Crippen LogP contribution in [0.2, 0.25) is 0 Å². The molecule has 0 saturated carbocycles. The van der Waals surface area contributed by atoms with Crippen molar-refractivity contribution in [2.24, 2.45) is 0 Å². The van der Waals surface area contributed by atoms with Crippen molar-refractivity contribution in [2.75, 3.05) is 17.2 Å². The number of benzene rings is 2. The number of hydrogen-bond donors (Lipinski definition) is 2. The van der Waals surface area contributed by atoms with Crippen LogP contribution in [0.5, 0.6) is 0 Å². The molecule has 5 nitrogen and oxygen atoms in total. The fraction of sp³-hybridized carbons (Fsp3) is 0.190. The van der Waals surface area contributed by atoms with Crippen LogP contribution >= 0.6 is 0 Å². The van der Waals surface area contributed by atoms with Gasteiger partial charge in [0.1, 0.15) is 5.82 Å². The molecule has 3 rings (SSSR count). The molecule has 0 fully saturated rings. The second-order valence-electron chi connectivity index (χ2n) is 6.30. The normalized spacial score (nSPS) is 10.5. The van der Waals surface area contributed by atoms with Crippen LogP contribution in [0.25, 0.3) is 0 Å². The second-order valence-corrected chi connectivity index (χ2v) is 6.30. The van der Waals surface area contributed by atoms with Crippen molar-refractivity contribution in [3.8, 4) is 0 Å². The van der Waals surface area contributed by atoms with Crippen molar-refractivity contribution in [1.82, 2.24) is 9.97 Å². The standard InChI is InChI=1S/C21H21FN4O/c1-14-4-3-5-19(15(14)2)26-20(27)17-12-24-21(25-13-17)23-11-10-16-6-8-18(22)9-7-16/h3-9,12-13H,10-11H2,1-2H3,(H,26,27)(H,23,24,25). The molecule has 1 aromatic heterocycles. The Bertz CT molecular complexity index is 924. The Morgan fingerprint density at radius 1 is 1.04 bits per heavy atom. The van der Waals surface area contributed by atoms with E-state index in [2.05, 4.69) is 20.6 Å². The predicted octanol–water partition coefficient (Wildman–Crippen LogP) is 4.14. The van der Waals surface area contributed by atoms with Gasteiger partial charge in [-0.25, -0.2) is 14.4 Å². The number of rotatable bonds is 6. The SMILES string of the molecule is Cc1cccc(NC(=O)c2cnc(NCCc3ccc(F)cc3)nc2)c1C. The first-order valence-electron chi connectivity index (χ1n) is 8.71. The molecule has 0 aliphatic rings. The zero-order valence-corrected chi connectivity index (χ0v) is 15.3. The van der Waals surface area contributed by atoms with E-state index in [1.807, 2.05) is 32.0 Å². The van der Waals surface area contributed by atoms with Crippen LogP contribution in [-0.4, -0.2) is 22.4 Å². The third kappa shape index (κ3) is 4.88. The van der Waals surface area contributed by atoms with Gasteiger partial charge in [-0.15, -0.1) is 0 Å². The van der Waals surface area contributed by atoms with Crippen molar-refractivity contribution < 1.29 is 9.18 Å². The molecule has 138 valence electrons. The lowest BCUT2D eigenvalue weighted by Gasteiger charge is -2.10. The molecule has 2 aromatic carbocycles. The van der Waals surface area contributed by atoms with Gasteiger partial charge < -0.3 is 10.6 Å². The molecule has 2 N–H and O–H groups in total. The number of carbonyl (C=O) groups excluding carboxylic acids is 1. The van der Waals surface area contributed by atoms with E-state index in [0.717, 1.165) is 28.8 Å². The molecule has 6 heteroatoms. The van der Waals surface area contributed by atoms with Crippen molar-refractivity contribution in [3.05, 3.63) is 82.9 Å². The summed E-state index contributed by atoms with van der Waals surface area (Å²) < 4.78 is 12.9. The third-order valence-electron chi connectivity index (χ3n) is 4.38. The Balaban J connectivity index is 1.55. The molecule has 0 unspecified atom stereocenters. The van der Waals surface area contributed by atoms with E-state index < -0.39 is 0 Å². The van der Waals surface area contributed by atoms with Crippen molar-refractivity contribution in [2.45, 2.75) is 20.3 Å². The molecule has 27 heavy (non-hydrogen) atoms. The summed E-state index contributed by atoms with van der Waals surface area (Å²) in [4.78, 5) is 20.7. The summed E-state index contributed by atoms with van der Waals surface area (Å²) in [6.45, 7) is 4.58. The largest absolute Gasteiger partial charge is 0.354 e. The van der Waals surface area contributed by atoms with Crippen LogP contribution < -0.4 is 10.6 Å². The molecule has 0 aliphatic carbocycles. The zero-order valence-electron chi connectivity index (χ0n) is 15.3. The van der Waals surface area contributed by atoms with Crippen LogP contribution in [0.15, 0.2) is 54.9 Å². The van der Waals surface area contributed by atoms with Crippen LogP contribution in [0, 0.1) is 19.7 Å². The fourth-order valence-corrected chi connectivity index (χ4v) is 2.59. The van der Waals surface area contributed by atoms with Gasteiger partial charge in [-0.3, -0.25) is 4.79 Å². The minimum atomic E-state index is -0.249. The number of nitrogens with zero attached hydrogens (tertiary/aromatic N) is 2. The van der Waals surface area contributed by atoms with Crippen molar-refractivity contribution in [1.29, 1.82) is 0 Å². The lowest BCUT2D eigenvalue weighted by Crippen LogP contribution is -2.15. The molecular formula is C21H21FN4O. The highest BCUT2D eigenvalue weighted by atomic mass is 19.1. The number of aromatic nitrogens is 2. The average Bonchev–Trinajstić information content (AvgIpc) is 2.67. The monoisotopic (exact) mass is 364 g/mol. The van der Waals surface area contributed by atoms with Crippen LogP contribution in [-0.2, 0) is 6.42 Å². The van der Waals surface area contributed by atoms with Gasteiger partial charge in [-0.1, -0.05) is 24.3 Å². The molecule has 1 heterocycles. The highest BCUT2D eigenvalue weighted by Crippen LogP contribution is 2.18. The number of carbonyl (C=O) groups is 1. The first-order valence-corrected chi connectivity index (χ1v) is 8.71. The van der Waals surface area contributed by atoms with Crippen LogP contribution in [0.1, 0.15) is 27.0 Å². The van der Waals surface area contributed by atoms with E-state index in [-0.39, 0.29) is 11.7 Å². The Labute approximate surface area is 157 Å². The van der Waals surface area contributed by atoms with Crippen LogP contribution in [0.3, 0.4) is 0 Å². The van der Waals surface area contributed by atoms with Gasteiger partial charge >= 0.3 is 0 Å². The van der Waals surface area contributed by atoms with Crippen molar-refractivity contribution in [3.63, 3.8) is 0 Å². The number of amides is 1. The summed E-state index contributed by atoms with van der Waals surface area (Å²) in [5.74, 6) is -0.0493. The van der Waals surface area contributed by atoms with E-state index >= 15 is 0 Å². The maximum absolute atomic E-state index is 12.9. The molecule has 0 atom stereocenters. The predicted molar refractivity (Wildman–Crippen MR) is 104 cm³/mol. The Hall–Kier alpha value is -3.28. The van der Waals surface area contributed by atoms with Gasteiger partial charge in [0.05, 0.1) is 5.56 Å². The molecule has 1 amide bonds. The van der Waals surface area contributed by atoms with Gasteiger partial charge in [0.15, 0.2) is 0 Å². The van der Waals surface area contributed by atoms with E-state index in [1.165, 1.54) is 24.5 Å². The van der Waals surface area contributed by atoms with E-state index in [9.17, 15) is 9.18 Å². The molecule has 0 aliphatic heterocycles. The highest BCUT2D eigenvalue weighted by Gasteiger charge is 2.10. The summed E-state index contributed by atoms with van der Waals surface area (Å²) >= 11 is 0. The van der Waals surface area contributed by atoms with Crippen LogP contribution in [0.4, 0.5) is 16.0 Å². The van der Waals surface area contributed by atoms with Gasteiger partial charge in [0.2, 0.25) is 5.95 Å². The minimum absolute atomic E-state index is 0.246. The highest BCUT2D eigenvalue weighted by molar-refractivity contribution is 6.04. The summed E-state index contributed by atoms with van der Waals surface area (Å²) in [6.07, 6.45) is 3.71. The molecule has 0 radical (unpaired) electrons. The van der Waals surface area contributed by atoms with Gasteiger partial charge in [0.25, 0.3) is 5.91 Å². The zero-order chi connectivity index (χ0) is 19.2. The first kappa shape index (κ1) is 18.5. The van der Waals surface area contributed by atoms with Gasteiger partial charge in [0, 0.05) is 24.6 Å². The first-order chi connectivity index (χ1) is 13.0. The van der Waals surface area contributed by atoms with E-state index in [4.69, 9.17) is 0 Å². The lowest BCUT2D eigenvalue weighted by atomic mass is 10.1. The maximum atomic E-state index is 12.9. The summed E-state index contributed by atoms with van der Waals surface area (Å²) in [7, 11) is 0. The summed E-state index contributed by atoms with van der Waals surface area (Å²) in [5, 5.41) is 5.98. The third-order valence-corrected chi connectivity index (χ3v) is 4.38. The number of halogens is 1. The molecule has 0 spiro atoms. The molecule has 3 aromatic rings. The summed E-state index contributed by atoms with van der Waals surface area (Å²) in [5.41, 5.74) is 4.34. The quantitative estimate of drug-likeness (QED) is 0.690. The second kappa shape index (κ2) is 8.40. The lowest BCUT2D eigenvalue weighted by molar-refractivity contribution is 0.102. The van der Waals surface area contributed by atoms with Gasteiger partial charge in [-0.05, 0) is 55.2 Å².